The number of anilines is 2. The van der Waals surface area contributed by atoms with E-state index in [4.69, 9.17) is 9.26 Å². The monoisotopic (exact) mass is 487 g/mol. The average Bonchev–Trinajstić information content (AvgIpc) is 3.41. The van der Waals surface area contributed by atoms with E-state index in [1.807, 2.05) is 13.0 Å². The van der Waals surface area contributed by atoms with Gasteiger partial charge in [-0.25, -0.2) is 4.52 Å². The van der Waals surface area contributed by atoms with Crippen LogP contribution in [0.2, 0.25) is 0 Å². The molecule has 2 aliphatic heterocycles. The number of pyridine rings is 1. The van der Waals surface area contributed by atoms with Crippen LogP contribution in [0.4, 0.5) is 33.8 Å². The minimum atomic E-state index is -5.71. The van der Waals surface area contributed by atoms with E-state index in [1.54, 1.807) is 0 Å². The number of hydrogen-bond donors (Lipinski definition) is 1. The fourth-order valence-corrected chi connectivity index (χ4v) is 4.47. The van der Waals surface area contributed by atoms with Crippen LogP contribution < -0.4 is 15.0 Å². The third-order valence-electron chi connectivity index (χ3n) is 6.24. The Balaban J connectivity index is 1.33. The zero-order valence-electron chi connectivity index (χ0n) is 18.3. The minimum Gasteiger partial charge on any atom is -0.483 e. The lowest BCUT2D eigenvalue weighted by atomic mass is 9.85. The predicted octanol–water partition coefficient (Wildman–Crippen LogP) is 3.53. The van der Waals surface area contributed by atoms with Gasteiger partial charge in [-0.15, -0.1) is 5.10 Å². The molecule has 0 amide bonds. The largest absolute Gasteiger partial charge is 0.483 e. The molecule has 0 aromatic carbocycles. The third-order valence-corrected chi connectivity index (χ3v) is 6.24. The Bertz CT molecular complexity index is 1200. The molecule has 0 radical (unpaired) electrons. The van der Waals surface area contributed by atoms with Crippen LogP contribution >= 0.6 is 0 Å². The van der Waals surface area contributed by atoms with E-state index < -0.39 is 18.7 Å². The highest BCUT2D eigenvalue weighted by Gasteiger charge is 2.58. The number of aryl methyl sites for hydroxylation is 1. The molecule has 2 aliphatic rings. The molecule has 5 rings (SSSR count). The summed E-state index contributed by atoms with van der Waals surface area (Å²) in [5.74, 6) is -4.31. The van der Waals surface area contributed by atoms with Crippen molar-refractivity contribution in [2.75, 3.05) is 36.6 Å². The Labute approximate surface area is 190 Å². The van der Waals surface area contributed by atoms with Crippen LogP contribution in [0.3, 0.4) is 0 Å². The van der Waals surface area contributed by atoms with E-state index in [-0.39, 0.29) is 28.9 Å². The van der Waals surface area contributed by atoms with Gasteiger partial charge >= 0.3 is 12.1 Å². The Morgan fingerprint density at radius 3 is 2.76 bits per heavy atom. The number of aromatic nitrogens is 4. The highest BCUT2D eigenvalue weighted by atomic mass is 19.4. The van der Waals surface area contributed by atoms with Crippen molar-refractivity contribution < 1.29 is 31.2 Å². The van der Waals surface area contributed by atoms with Gasteiger partial charge in [0.25, 0.3) is 0 Å². The fraction of sp³-hybridized carbons (Fsp3) is 0.550. The van der Waals surface area contributed by atoms with Gasteiger partial charge in [-0.2, -0.15) is 26.9 Å². The number of ether oxygens (including phenoxy) is 1. The van der Waals surface area contributed by atoms with Gasteiger partial charge in [0, 0.05) is 30.8 Å². The molecule has 5 heterocycles. The molecule has 0 aliphatic carbocycles. The molecule has 1 N–H and O–H groups in total. The first-order valence-corrected chi connectivity index (χ1v) is 10.6. The summed E-state index contributed by atoms with van der Waals surface area (Å²) >= 11 is 0. The number of nitrogens with one attached hydrogen (secondary N) is 1. The highest BCUT2D eigenvalue weighted by molar-refractivity contribution is 5.56. The zero-order valence-corrected chi connectivity index (χ0v) is 18.3. The minimum absolute atomic E-state index is 0.0324. The van der Waals surface area contributed by atoms with Crippen molar-refractivity contribution in [3.63, 3.8) is 0 Å². The van der Waals surface area contributed by atoms with Crippen LogP contribution in [-0.2, 0) is 0 Å². The first-order valence-electron chi connectivity index (χ1n) is 10.6. The first-order chi connectivity index (χ1) is 16.0. The molecule has 14 heteroatoms. The van der Waals surface area contributed by atoms with Crippen molar-refractivity contribution in [2.45, 2.75) is 38.5 Å². The second kappa shape index (κ2) is 7.68. The summed E-state index contributed by atoms with van der Waals surface area (Å²) in [5, 5.41) is 11.6. The van der Waals surface area contributed by atoms with Crippen LogP contribution in [0, 0.1) is 12.3 Å². The van der Waals surface area contributed by atoms with Gasteiger partial charge in [0.15, 0.2) is 18.0 Å². The summed E-state index contributed by atoms with van der Waals surface area (Å²) in [7, 11) is 0. The van der Waals surface area contributed by atoms with Gasteiger partial charge in [0.05, 0.1) is 18.5 Å². The van der Waals surface area contributed by atoms with Crippen LogP contribution in [0.5, 0.6) is 5.75 Å². The molecule has 2 bridgehead atoms. The van der Waals surface area contributed by atoms with Crippen molar-refractivity contribution in [1.29, 1.82) is 0 Å². The normalized spacial score (nSPS) is 25.2. The van der Waals surface area contributed by atoms with Gasteiger partial charge in [0.2, 0.25) is 11.8 Å². The molecule has 2 saturated heterocycles. The quantitative estimate of drug-likeness (QED) is 0.529. The van der Waals surface area contributed by atoms with Gasteiger partial charge in [0.1, 0.15) is 0 Å². The lowest BCUT2D eigenvalue weighted by molar-refractivity contribution is -0.289. The summed E-state index contributed by atoms with van der Waals surface area (Å²) < 4.78 is 75.5. The fourth-order valence-electron chi connectivity index (χ4n) is 4.47. The van der Waals surface area contributed by atoms with E-state index in [0.717, 1.165) is 18.7 Å². The SMILES string of the molecule is Cc1cc(N2CN3CCC(C)(C2)[C@@H]3Nc2nc3c(OCC(F)(F)C(F)(F)F)cccn3n2)on1. The Morgan fingerprint density at radius 2 is 2.09 bits per heavy atom. The Hall–Kier alpha value is -3.16. The number of alkyl halides is 5. The molecular formula is C20H22F5N7O2. The molecule has 2 fully saturated rings. The van der Waals surface area contributed by atoms with Crippen molar-refractivity contribution in [1.82, 2.24) is 24.7 Å². The number of rotatable bonds is 6. The average molecular weight is 487 g/mol. The summed E-state index contributed by atoms with van der Waals surface area (Å²) in [5.41, 5.74) is 0.637. The van der Waals surface area contributed by atoms with Gasteiger partial charge < -0.3 is 19.5 Å². The van der Waals surface area contributed by atoms with E-state index >= 15 is 0 Å². The summed E-state index contributed by atoms with van der Waals surface area (Å²) in [4.78, 5) is 8.61. The third kappa shape index (κ3) is 3.89. The summed E-state index contributed by atoms with van der Waals surface area (Å²) in [6, 6.07) is 4.58. The van der Waals surface area contributed by atoms with E-state index in [2.05, 4.69) is 37.3 Å². The lowest BCUT2D eigenvalue weighted by Crippen LogP contribution is -2.58. The topological polar surface area (TPSA) is 84.0 Å². The zero-order chi connectivity index (χ0) is 24.3. The maximum absolute atomic E-state index is 13.3. The van der Waals surface area contributed by atoms with Crippen LogP contribution in [-0.4, -0.2) is 69.3 Å². The standard InChI is InChI=1S/C20H22F5N7O2/c1-12-8-14(34-29-12)31-9-18(2)5-7-30(11-31)16(18)27-17-26-15-13(4-3-6-32(15)28-17)33-10-19(21,22)20(23,24)25/h3-4,6,8,16H,5,7,9-11H2,1-2H3,(H,27,28)/t16-,18?/m1/s1. The van der Waals surface area contributed by atoms with Gasteiger partial charge in [-0.1, -0.05) is 12.1 Å². The maximum Gasteiger partial charge on any atom is 0.456 e. The molecule has 2 unspecified atom stereocenters. The van der Waals surface area contributed by atoms with Crippen molar-refractivity contribution in [2.24, 2.45) is 5.41 Å². The molecule has 0 saturated carbocycles. The van der Waals surface area contributed by atoms with Crippen LogP contribution in [0.15, 0.2) is 28.9 Å². The van der Waals surface area contributed by atoms with Gasteiger partial charge in [-0.05, 0) is 25.5 Å². The second-order valence-electron chi connectivity index (χ2n) is 8.98. The molecule has 0 spiro atoms. The van der Waals surface area contributed by atoms with Crippen molar-refractivity contribution >= 4 is 17.5 Å². The van der Waals surface area contributed by atoms with Crippen molar-refractivity contribution in [3.05, 3.63) is 30.1 Å². The van der Waals surface area contributed by atoms with E-state index in [9.17, 15) is 22.0 Å². The lowest BCUT2D eigenvalue weighted by Gasteiger charge is -2.45. The Morgan fingerprint density at radius 1 is 1.29 bits per heavy atom. The molecular weight excluding hydrogens is 465 g/mol. The van der Waals surface area contributed by atoms with Gasteiger partial charge in [-0.3, -0.25) is 4.90 Å². The van der Waals surface area contributed by atoms with E-state index in [1.165, 1.54) is 22.8 Å². The number of halogens is 5. The Kier molecular flexibility index (Phi) is 5.11. The van der Waals surface area contributed by atoms with Crippen molar-refractivity contribution in [3.8, 4) is 5.75 Å². The molecule has 3 aromatic heterocycles. The highest BCUT2D eigenvalue weighted by Crippen LogP contribution is 2.42. The maximum atomic E-state index is 13.3. The van der Waals surface area contributed by atoms with E-state index in [0.29, 0.717) is 19.1 Å². The van der Waals surface area contributed by atoms with Crippen LogP contribution in [0.1, 0.15) is 19.0 Å². The smallest absolute Gasteiger partial charge is 0.456 e. The van der Waals surface area contributed by atoms with Crippen LogP contribution in [0.25, 0.3) is 5.65 Å². The molecule has 9 nitrogen and oxygen atoms in total. The number of fused-ring (bicyclic) bond motifs is 3. The number of hydrogen-bond acceptors (Lipinski definition) is 8. The predicted molar refractivity (Wildman–Crippen MR) is 110 cm³/mol. The first kappa shape index (κ1) is 22.6. The molecule has 34 heavy (non-hydrogen) atoms. The summed E-state index contributed by atoms with van der Waals surface area (Å²) in [6.45, 7) is 4.25. The number of nitrogens with zero attached hydrogens (tertiary/aromatic N) is 6. The molecule has 3 atom stereocenters. The molecule has 3 aromatic rings. The second-order valence-corrected chi connectivity index (χ2v) is 8.98. The molecule has 184 valence electrons. The summed E-state index contributed by atoms with van der Waals surface area (Å²) in [6.07, 6.45) is -3.42.